The molecule has 0 aliphatic heterocycles. The van der Waals surface area contributed by atoms with Gasteiger partial charge in [0.25, 0.3) is 5.69 Å². The molecule has 21 heavy (non-hydrogen) atoms. The molecule has 1 N–H and O–H groups in total. The van der Waals surface area contributed by atoms with Gasteiger partial charge in [0.2, 0.25) is 0 Å². The lowest BCUT2D eigenvalue weighted by molar-refractivity contribution is -0.384. The molecule has 0 amide bonds. The zero-order chi connectivity index (χ0) is 14.8. The van der Waals surface area contributed by atoms with Gasteiger partial charge in [0.05, 0.1) is 16.8 Å². The maximum atomic E-state index is 10.7. The number of hydrogen-bond donors (Lipinski definition) is 1. The molecule has 1 fully saturated rings. The van der Waals surface area contributed by atoms with E-state index in [1.807, 2.05) is 12.1 Å². The van der Waals surface area contributed by atoms with E-state index in [4.69, 9.17) is 4.42 Å². The predicted octanol–water partition coefficient (Wildman–Crippen LogP) is 3.76. The zero-order valence-electron chi connectivity index (χ0n) is 11.5. The first-order valence-electron chi connectivity index (χ1n) is 6.77. The van der Waals surface area contributed by atoms with Gasteiger partial charge in [-0.3, -0.25) is 15.5 Å². The zero-order valence-corrected chi connectivity index (χ0v) is 11.5. The summed E-state index contributed by atoms with van der Waals surface area (Å²) in [7, 11) is 0. The molecular formula is C15H15N3O3. The van der Waals surface area contributed by atoms with Gasteiger partial charge in [0.1, 0.15) is 11.5 Å². The van der Waals surface area contributed by atoms with Crippen LogP contribution < -0.4 is 5.43 Å². The van der Waals surface area contributed by atoms with Crippen LogP contribution in [0.15, 0.2) is 45.9 Å². The fraction of sp³-hybridized carbons (Fsp3) is 0.267. The Bertz CT molecular complexity index is 693. The maximum absolute atomic E-state index is 10.7. The molecule has 0 saturated heterocycles. The van der Waals surface area contributed by atoms with E-state index in [1.54, 1.807) is 18.3 Å². The molecule has 0 spiro atoms. The Morgan fingerprint density at radius 1 is 1.43 bits per heavy atom. The van der Waals surface area contributed by atoms with Gasteiger partial charge in [-0.25, -0.2) is 0 Å². The Balaban J connectivity index is 1.63. The number of hydrazone groups is 1. The quantitative estimate of drug-likeness (QED) is 0.515. The van der Waals surface area contributed by atoms with E-state index in [0.29, 0.717) is 23.3 Å². The molecule has 1 saturated carbocycles. The van der Waals surface area contributed by atoms with Crippen LogP contribution in [0.5, 0.6) is 0 Å². The number of nitro groups is 1. The Morgan fingerprint density at radius 3 is 2.95 bits per heavy atom. The van der Waals surface area contributed by atoms with E-state index in [9.17, 15) is 10.1 Å². The Morgan fingerprint density at radius 2 is 2.24 bits per heavy atom. The minimum absolute atomic E-state index is 0.0261. The molecule has 6 heteroatoms. The molecule has 1 aromatic heterocycles. The van der Waals surface area contributed by atoms with E-state index >= 15 is 0 Å². The molecule has 0 bridgehead atoms. The van der Waals surface area contributed by atoms with Gasteiger partial charge in [-0.1, -0.05) is 13.0 Å². The van der Waals surface area contributed by atoms with Crippen LogP contribution in [0.1, 0.15) is 30.8 Å². The third-order valence-electron chi connectivity index (χ3n) is 3.56. The van der Waals surface area contributed by atoms with Crippen molar-refractivity contribution in [2.24, 2.45) is 11.0 Å². The van der Waals surface area contributed by atoms with Crippen LogP contribution in [0.2, 0.25) is 0 Å². The van der Waals surface area contributed by atoms with Crippen LogP contribution in [0, 0.1) is 16.0 Å². The number of nitrogens with zero attached hydrogens (tertiary/aromatic N) is 2. The van der Waals surface area contributed by atoms with E-state index in [1.165, 1.54) is 18.6 Å². The number of furan rings is 1. The minimum Gasteiger partial charge on any atom is -0.460 e. The summed E-state index contributed by atoms with van der Waals surface area (Å²) in [4.78, 5) is 10.2. The molecule has 2 atom stereocenters. The van der Waals surface area contributed by atoms with Gasteiger partial charge in [-0.15, -0.1) is 0 Å². The number of hydrogen-bond acceptors (Lipinski definition) is 5. The lowest BCUT2D eigenvalue weighted by Gasteiger charge is -1.98. The van der Waals surface area contributed by atoms with E-state index in [-0.39, 0.29) is 5.69 Å². The molecular weight excluding hydrogens is 270 g/mol. The Hall–Kier alpha value is -2.63. The summed E-state index contributed by atoms with van der Waals surface area (Å²) in [5.41, 5.74) is 3.34. The van der Waals surface area contributed by atoms with Gasteiger partial charge < -0.3 is 4.42 Å². The topological polar surface area (TPSA) is 80.7 Å². The first-order valence-corrected chi connectivity index (χ1v) is 6.77. The highest BCUT2D eigenvalue weighted by atomic mass is 16.6. The fourth-order valence-electron chi connectivity index (χ4n) is 2.22. The number of anilines is 1. The highest BCUT2D eigenvalue weighted by Crippen LogP contribution is 2.47. The first-order chi connectivity index (χ1) is 10.1. The molecule has 1 aromatic carbocycles. The number of nitro benzene ring substituents is 1. The first kappa shape index (κ1) is 13.4. The lowest BCUT2D eigenvalue weighted by atomic mass is 10.3. The summed E-state index contributed by atoms with van der Waals surface area (Å²) < 4.78 is 5.68. The summed E-state index contributed by atoms with van der Waals surface area (Å²) >= 11 is 0. The molecule has 6 nitrogen and oxygen atoms in total. The fourth-order valence-corrected chi connectivity index (χ4v) is 2.22. The molecule has 3 rings (SSSR count). The van der Waals surface area contributed by atoms with Crippen molar-refractivity contribution in [3.8, 4) is 0 Å². The number of rotatable bonds is 5. The van der Waals surface area contributed by atoms with E-state index in [0.717, 1.165) is 5.76 Å². The normalized spacial score (nSPS) is 20.6. The third-order valence-corrected chi connectivity index (χ3v) is 3.56. The van der Waals surface area contributed by atoms with Crippen LogP contribution in [0.4, 0.5) is 11.4 Å². The average molecular weight is 285 g/mol. The number of nitrogens with one attached hydrogen (secondary N) is 1. The van der Waals surface area contributed by atoms with E-state index < -0.39 is 4.92 Å². The third kappa shape index (κ3) is 3.10. The summed E-state index contributed by atoms with van der Waals surface area (Å²) in [5, 5.41) is 14.7. The minimum atomic E-state index is -0.440. The second kappa shape index (κ2) is 5.40. The summed E-state index contributed by atoms with van der Waals surface area (Å²) in [6, 6.07) is 10.0. The van der Waals surface area contributed by atoms with Gasteiger partial charge in [0.15, 0.2) is 0 Å². The van der Waals surface area contributed by atoms with Crippen LogP contribution in [-0.2, 0) is 0 Å². The average Bonchev–Trinajstić information content (AvgIpc) is 3.01. The van der Waals surface area contributed by atoms with Crippen molar-refractivity contribution in [1.82, 2.24) is 0 Å². The monoisotopic (exact) mass is 285 g/mol. The molecule has 1 aliphatic carbocycles. The second-order valence-corrected chi connectivity index (χ2v) is 5.24. The lowest BCUT2D eigenvalue weighted by Crippen LogP contribution is -1.92. The molecule has 1 aliphatic rings. The Kier molecular flexibility index (Phi) is 3.43. The molecule has 0 unspecified atom stereocenters. The highest BCUT2D eigenvalue weighted by Gasteiger charge is 2.36. The van der Waals surface area contributed by atoms with Gasteiger partial charge in [-0.2, -0.15) is 5.10 Å². The van der Waals surface area contributed by atoms with Crippen LogP contribution in [-0.4, -0.2) is 11.1 Å². The van der Waals surface area contributed by atoms with Crippen LogP contribution >= 0.6 is 0 Å². The Labute approximate surface area is 121 Å². The number of benzene rings is 1. The number of non-ortho nitro benzene ring substituents is 1. The molecule has 2 aromatic rings. The van der Waals surface area contributed by atoms with Crippen LogP contribution in [0.25, 0.3) is 0 Å². The van der Waals surface area contributed by atoms with Crippen molar-refractivity contribution in [3.63, 3.8) is 0 Å². The second-order valence-electron chi connectivity index (χ2n) is 5.24. The van der Waals surface area contributed by atoms with Crippen LogP contribution in [0.3, 0.4) is 0 Å². The van der Waals surface area contributed by atoms with Gasteiger partial charge in [-0.05, 0) is 30.5 Å². The van der Waals surface area contributed by atoms with Crippen molar-refractivity contribution in [2.45, 2.75) is 19.3 Å². The van der Waals surface area contributed by atoms with E-state index in [2.05, 4.69) is 17.5 Å². The smallest absolute Gasteiger partial charge is 0.271 e. The largest absolute Gasteiger partial charge is 0.460 e. The van der Waals surface area contributed by atoms with Gasteiger partial charge in [0, 0.05) is 18.1 Å². The molecule has 0 radical (unpaired) electrons. The standard InChI is InChI=1S/C15H15N3O3/c1-10-7-14(10)15-6-5-13(21-15)9-16-17-11-3-2-4-12(8-11)18(19)20/h2-6,8-10,14,17H,7H2,1H3/b16-9-/t10-,14+/m0/s1. The SMILES string of the molecule is C[C@H]1C[C@H]1c1ccc(/C=N\Nc2cccc([N+](=O)[O-])c2)o1. The molecule has 1 heterocycles. The van der Waals surface area contributed by atoms with Crippen molar-refractivity contribution in [3.05, 3.63) is 58.0 Å². The predicted molar refractivity (Wildman–Crippen MR) is 79.5 cm³/mol. The van der Waals surface area contributed by atoms with Crippen molar-refractivity contribution in [2.75, 3.05) is 5.43 Å². The summed E-state index contributed by atoms with van der Waals surface area (Å²) in [6.07, 6.45) is 2.74. The highest BCUT2D eigenvalue weighted by molar-refractivity contribution is 5.76. The maximum Gasteiger partial charge on any atom is 0.271 e. The van der Waals surface area contributed by atoms with Crippen molar-refractivity contribution in [1.29, 1.82) is 0 Å². The van der Waals surface area contributed by atoms with Gasteiger partial charge >= 0.3 is 0 Å². The van der Waals surface area contributed by atoms with Crippen molar-refractivity contribution < 1.29 is 9.34 Å². The summed E-state index contributed by atoms with van der Waals surface area (Å²) in [5.74, 6) is 2.90. The van der Waals surface area contributed by atoms with Crippen molar-refractivity contribution >= 4 is 17.6 Å². The molecule has 108 valence electrons. The summed E-state index contributed by atoms with van der Waals surface area (Å²) in [6.45, 7) is 2.20.